The molecule has 24 heavy (non-hydrogen) atoms. The maximum absolute atomic E-state index is 13.0. The number of carbonyl (C=O) groups is 1. The minimum absolute atomic E-state index is 0.0629. The van der Waals surface area contributed by atoms with Crippen LogP contribution < -0.4 is 0 Å². The van der Waals surface area contributed by atoms with Crippen LogP contribution in [0.15, 0.2) is 18.2 Å². The summed E-state index contributed by atoms with van der Waals surface area (Å²) >= 11 is 0. The summed E-state index contributed by atoms with van der Waals surface area (Å²) in [7, 11) is -1.44. The summed E-state index contributed by atoms with van der Waals surface area (Å²) in [6, 6.07) is 5.70. The largest absolute Gasteiger partial charge is 0.383 e. The van der Waals surface area contributed by atoms with Crippen molar-refractivity contribution < 1.29 is 17.9 Å². The van der Waals surface area contributed by atoms with Gasteiger partial charge in [-0.2, -0.15) is 0 Å². The third-order valence-corrected chi connectivity index (χ3v) is 6.79. The summed E-state index contributed by atoms with van der Waals surface area (Å²) < 4.78 is 28.7. The lowest BCUT2D eigenvalue weighted by Gasteiger charge is -2.28. The fraction of sp³-hybridized carbons (Fsp3) is 0.611. The highest BCUT2D eigenvalue weighted by Gasteiger charge is 2.35. The number of hydrogen-bond acceptors (Lipinski definition) is 4. The van der Waals surface area contributed by atoms with Crippen molar-refractivity contribution in [3.8, 4) is 0 Å². The van der Waals surface area contributed by atoms with Crippen LogP contribution in [0.5, 0.6) is 0 Å². The second-order valence-corrected chi connectivity index (χ2v) is 8.97. The van der Waals surface area contributed by atoms with Gasteiger partial charge in [-0.3, -0.25) is 4.79 Å². The fourth-order valence-corrected chi connectivity index (χ4v) is 5.42. The van der Waals surface area contributed by atoms with E-state index in [-0.39, 0.29) is 23.5 Å². The first-order chi connectivity index (χ1) is 11.5. The van der Waals surface area contributed by atoms with Crippen LogP contribution in [0.3, 0.4) is 0 Å². The molecule has 2 aliphatic rings. The Morgan fingerprint density at radius 3 is 2.67 bits per heavy atom. The Morgan fingerprint density at radius 1 is 1.25 bits per heavy atom. The molecule has 0 saturated carbocycles. The van der Waals surface area contributed by atoms with Crippen molar-refractivity contribution in [2.24, 2.45) is 0 Å². The highest BCUT2D eigenvalue weighted by molar-refractivity contribution is 7.91. The van der Waals surface area contributed by atoms with E-state index in [2.05, 4.69) is 6.07 Å². The summed E-state index contributed by atoms with van der Waals surface area (Å²) in [6.45, 7) is 0.833. The number of rotatable bonds is 5. The molecule has 3 rings (SSSR count). The first-order valence-electron chi connectivity index (χ1n) is 8.62. The van der Waals surface area contributed by atoms with Gasteiger partial charge in [0.1, 0.15) is 0 Å². The molecular weight excluding hydrogens is 326 g/mol. The van der Waals surface area contributed by atoms with E-state index in [1.54, 1.807) is 12.0 Å². The molecule has 0 spiro atoms. The predicted octanol–water partition coefficient (Wildman–Crippen LogP) is 1.84. The van der Waals surface area contributed by atoms with Crippen LogP contribution >= 0.6 is 0 Å². The number of nitrogens with zero attached hydrogens (tertiary/aromatic N) is 1. The van der Waals surface area contributed by atoms with E-state index in [9.17, 15) is 13.2 Å². The van der Waals surface area contributed by atoms with Crippen LogP contribution in [0.4, 0.5) is 0 Å². The smallest absolute Gasteiger partial charge is 0.254 e. The zero-order chi connectivity index (χ0) is 17.2. The van der Waals surface area contributed by atoms with Gasteiger partial charge < -0.3 is 9.64 Å². The summed E-state index contributed by atoms with van der Waals surface area (Å²) in [5.41, 5.74) is 3.26. The molecule has 132 valence electrons. The molecule has 1 aromatic rings. The molecule has 1 unspecified atom stereocenters. The lowest BCUT2D eigenvalue weighted by molar-refractivity contribution is 0.0624. The van der Waals surface area contributed by atoms with E-state index in [0.29, 0.717) is 25.1 Å². The molecule has 5 nitrogen and oxygen atoms in total. The maximum atomic E-state index is 13.0. The van der Waals surface area contributed by atoms with E-state index in [0.717, 1.165) is 12.8 Å². The Morgan fingerprint density at radius 2 is 2.00 bits per heavy atom. The average molecular weight is 351 g/mol. The highest BCUT2D eigenvalue weighted by atomic mass is 32.2. The van der Waals surface area contributed by atoms with Crippen LogP contribution in [0.25, 0.3) is 0 Å². The monoisotopic (exact) mass is 351 g/mol. The van der Waals surface area contributed by atoms with Gasteiger partial charge in [0.25, 0.3) is 5.91 Å². The van der Waals surface area contributed by atoms with Crippen molar-refractivity contribution in [3.63, 3.8) is 0 Å². The van der Waals surface area contributed by atoms with Gasteiger partial charge in [-0.25, -0.2) is 8.42 Å². The molecule has 1 aliphatic heterocycles. The summed E-state index contributed by atoms with van der Waals surface area (Å²) in [5, 5.41) is 0. The van der Waals surface area contributed by atoms with Crippen LogP contribution in [0.2, 0.25) is 0 Å². The minimum atomic E-state index is -3.03. The normalized spacial score (nSPS) is 22.1. The maximum Gasteiger partial charge on any atom is 0.254 e. The predicted molar refractivity (Wildman–Crippen MR) is 93.1 cm³/mol. The number of ether oxygens (including phenoxy) is 1. The molecule has 0 N–H and O–H groups in total. The van der Waals surface area contributed by atoms with Gasteiger partial charge in [0.05, 0.1) is 18.1 Å². The first kappa shape index (κ1) is 17.4. The van der Waals surface area contributed by atoms with Crippen molar-refractivity contribution >= 4 is 15.7 Å². The van der Waals surface area contributed by atoms with Gasteiger partial charge in [0.2, 0.25) is 0 Å². The molecule has 0 bridgehead atoms. The molecule has 1 amide bonds. The molecule has 1 fully saturated rings. The molecular formula is C18H25NO4S. The molecule has 1 saturated heterocycles. The number of aryl methyl sites for hydroxylation is 2. The van der Waals surface area contributed by atoms with Gasteiger partial charge in [-0.05, 0) is 55.4 Å². The Bertz CT molecular complexity index is 714. The molecule has 1 aliphatic carbocycles. The van der Waals surface area contributed by atoms with Crippen molar-refractivity contribution in [1.29, 1.82) is 0 Å². The van der Waals surface area contributed by atoms with E-state index in [4.69, 9.17) is 4.74 Å². The van der Waals surface area contributed by atoms with Gasteiger partial charge in [0.15, 0.2) is 9.84 Å². The first-order valence-corrected chi connectivity index (χ1v) is 10.4. The zero-order valence-electron chi connectivity index (χ0n) is 14.2. The number of hydrogen-bond donors (Lipinski definition) is 0. The second kappa shape index (κ2) is 7.23. The second-order valence-electron chi connectivity index (χ2n) is 6.74. The van der Waals surface area contributed by atoms with E-state index >= 15 is 0 Å². The number of benzene rings is 1. The SMILES string of the molecule is COCCN(C(=O)c1ccc2c(c1)CCCC2)C1CCS(=O)(=O)C1. The molecule has 0 aromatic heterocycles. The van der Waals surface area contributed by atoms with E-state index in [1.165, 1.54) is 24.0 Å². The third kappa shape index (κ3) is 3.81. The third-order valence-electron chi connectivity index (χ3n) is 5.04. The molecule has 1 heterocycles. The average Bonchev–Trinajstić information content (AvgIpc) is 2.94. The zero-order valence-corrected chi connectivity index (χ0v) is 15.0. The molecule has 1 atom stereocenters. The van der Waals surface area contributed by atoms with Crippen LogP contribution in [-0.2, 0) is 27.4 Å². The summed E-state index contributed by atoms with van der Waals surface area (Å²) in [4.78, 5) is 14.7. The molecule has 1 aromatic carbocycles. The van der Waals surface area contributed by atoms with Crippen LogP contribution in [0.1, 0.15) is 40.7 Å². The topological polar surface area (TPSA) is 63.7 Å². The number of amides is 1. The Kier molecular flexibility index (Phi) is 5.25. The standard InChI is InChI=1S/C18H25NO4S/c1-23-10-9-19(17-8-11-24(21,22)13-17)18(20)16-7-6-14-4-2-3-5-15(14)12-16/h6-7,12,17H,2-5,8-11,13H2,1H3. The van der Waals surface area contributed by atoms with Crippen molar-refractivity contribution in [3.05, 3.63) is 34.9 Å². The van der Waals surface area contributed by atoms with E-state index in [1.807, 2.05) is 12.1 Å². The number of carbonyl (C=O) groups excluding carboxylic acids is 1. The number of sulfone groups is 1. The molecule has 0 radical (unpaired) electrons. The fourth-order valence-electron chi connectivity index (χ4n) is 3.69. The van der Waals surface area contributed by atoms with Crippen LogP contribution in [0, 0.1) is 0 Å². The van der Waals surface area contributed by atoms with Crippen LogP contribution in [-0.4, -0.2) is 57.0 Å². The van der Waals surface area contributed by atoms with E-state index < -0.39 is 9.84 Å². The van der Waals surface area contributed by atoms with Gasteiger partial charge in [-0.15, -0.1) is 0 Å². The highest BCUT2D eigenvalue weighted by Crippen LogP contribution is 2.25. The Labute approximate surface area is 143 Å². The van der Waals surface area contributed by atoms with Crippen molar-refractivity contribution in [2.75, 3.05) is 31.8 Å². The summed E-state index contributed by atoms with van der Waals surface area (Å²) in [6.07, 6.45) is 4.99. The quantitative estimate of drug-likeness (QED) is 0.812. The summed E-state index contributed by atoms with van der Waals surface area (Å²) in [5.74, 6) is 0.147. The lowest BCUT2D eigenvalue weighted by Crippen LogP contribution is -2.43. The Hall–Kier alpha value is -1.40. The van der Waals surface area contributed by atoms with Gasteiger partial charge >= 0.3 is 0 Å². The van der Waals surface area contributed by atoms with Gasteiger partial charge in [0, 0.05) is 25.3 Å². The lowest BCUT2D eigenvalue weighted by atomic mass is 9.90. The molecule has 6 heteroatoms. The number of fused-ring (bicyclic) bond motifs is 1. The van der Waals surface area contributed by atoms with Crippen molar-refractivity contribution in [2.45, 2.75) is 38.1 Å². The Balaban J connectivity index is 1.83. The van der Waals surface area contributed by atoms with Crippen molar-refractivity contribution in [1.82, 2.24) is 4.90 Å². The minimum Gasteiger partial charge on any atom is -0.383 e. The number of methoxy groups -OCH3 is 1. The van der Waals surface area contributed by atoms with Gasteiger partial charge in [-0.1, -0.05) is 6.07 Å².